The molecule has 20 heavy (non-hydrogen) atoms. The molecule has 106 valence electrons. The van der Waals surface area contributed by atoms with E-state index in [1.54, 1.807) is 12.3 Å². The van der Waals surface area contributed by atoms with Crippen LogP contribution in [0.3, 0.4) is 0 Å². The molecule has 6 heteroatoms. The molecule has 1 N–H and O–H groups in total. The van der Waals surface area contributed by atoms with Crippen LogP contribution in [0, 0.1) is 11.6 Å². The lowest BCUT2D eigenvalue weighted by atomic mass is 10.2. The van der Waals surface area contributed by atoms with Gasteiger partial charge in [-0.1, -0.05) is 6.07 Å². The van der Waals surface area contributed by atoms with Gasteiger partial charge in [-0.15, -0.1) is 0 Å². The van der Waals surface area contributed by atoms with Gasteiger partial charge in [-0.25, -0.2) is 13.8 Å². The molecule has 0 bridgehead atoms. The molecule has 3 rings (SSSR count). The molecule has 0 spiro atoms. The monoisotopic (exact) mass is 279 g/mol. The fourth-order valence-corrected chi connectivity index (χ4v) is 2.26. The number of hydrogen-bond donors (Lipinski definition) is 1. The van der Waals surface area contributed by atoms with Crippen LogP contribution in [-0.2, 0) is 24.4 Å². The van der Waals surface area contributed by atoms with Crippen molar-refractivity contribution in [3.05, 3.63) is 53.6 Å². The van der Waals surface area contributed by atoms with Crippen molar-refractivity contribution in [1.82, 2.24) is 14.9 Å². The molecule has 1 aromatic carbocycles. The van der Waals surface area contributed by atoms with E-state index in [1.165, 1.54) is 6.07 Å². The van der Waals surface area contributed by atoms with Gasteiger partial charge in [0, 0.05) is 25.5 Å². The number of halogens is 2. The third kappa shape index (κ3) is 2.86. The summed E-state index contributed by atoms with van der Waals surface area (Å²) in [6.45, 7) is 2.38. The highest BCUT2D eigenvalue weighted by Gasteiger charge is 2.18. The molecule has 0 saturated heterocycles. The van der Waals surface area contributed by atoms with Crippen LogP contribution in [0.15, 0.2) is 30.6 Å². The highest BCUT2D eigenvalue weighted by molar-refractivity contribution is 5.17. The van der Waals surface area contributed by atoms with Gasteiger partial charge in [-0.2, -0.15) is 0 Å². The molecule has 1 aliphatic rings. The molecule has 1 aliphatic heterocycles. The zero-order valence-electron chi connectivity index (χ0n) is 10.9. The van der Waals surface area contributed by atoms with Gasteiger partial charge >= 0.3 is 0 Å². The third-order valence-corrected chi connectivity index (χ3v) is 3.34. The Kier molecular flexibility index (Phi) is 3.75. The molecular formula is C14H15F2N3O. The molecule has 0 aliphatic carbocycles. The Morgan fingerprint density at radius 3 is 3.10 bits per heavy atom. The maximum absolute atomic E-state index is 13.1. The van der Waals surface area contributed by atoms with Gasteiger partial charge in [0.15, 0.2) is 11.6 Å². The second-order valence-corrected chi connectivity index (χ2v) is 4.81. The van der Waals surface area contributed by atoms with Crippen molar-refractivity contribution < 1.29 is 13.5 Å². The highest BCUT2D eigenvalue weighted by Crippen LogP contribution is 2.12. The van der Waals surface area contributed by atoms with Crippen molar-refractivity contribution in [2.75, 3.05) is 6.54 Å². The summed E-state index contributed by atoms with van der Waals surface area (Å²) in [5, 5.41) is 3.19. The lowest BCUT2D eigenvalue weighted by molar-refractivity contribution is 0.00277. The number of ether oxygens (including phenoxy) is 1. The number of nitrogens with zero attached hydrogens (tertiary/aromatic N) is 2. The summed E-state index contributed by atoms with van der Waals surface area (Å²) >= 11 is 0. The average Bonchev–Trinajstić information content (AvgIpc) is 2.90. The Labute approximate surface area is 115 Å². The molecule has 4 nitrogen and oxygen atoms in total. The minimum absolute atomic E-state index is 0.0574. The van der Waals surface area contributed by atoms with E-state index < -0.39 is 11.6 Å². The van der Waals surface area contributed by atoms with E-state index >= 15 is 0 Å². The van der Waals surface area contributed by atoms with Crippen LogP contribution in [-0.4, -0.2) is 22.2 Å². The normalized spacial score (nSPS) is 18.0. The number of aromatic nitrogens is 2. The molecule has 0 radical (unpaired) electrons. The summed E-state index contributed by atoms with van der Waals surface area (Å²) in [6.07, 6.45) is 3.75. The van der Waals surface area contributed by atoms with Crippen LogP contribution in [0.4, 0.5) is 8.78 Å². The van der Waals surface area contributed by atoms with Crippen LogP contribution in [0.5, 0.6) is 0 Å². The Morgan fingerprint density at radius 1 is 1.35 bits per heavy atom. The first-order valence-electron chi connectivity index (χ1n) is 6.48. The van der Waals surface area contributed by atoms with Crippen molar-refractivity contribution in [2.24, 2.45) is 0 Å². The lowest BCUT2D eigenvalue weighted by Gasteiger charge is -2.24. The fourth-order valence-electron chi connectivity index (χ4n) is 2.26. The van der Waals surface area contributed by atoms with E-state index in [2.05, 4.69) is 14.9 Å². The second-order valence-electron chi connectivity index (χ2n) is 4.81. The Bertz CT molecular complexity index is 600. The molecule has 0 saturated carbocycles. The van der Waals surface area contributed by atoms with Crippen molar-refractivity contribution in [1.29, 1.82) is 0 Å². The SMILES string of the molecule is Fc1ccc(CNC[C@H]2Cn3ccnc3CO2)cc1F. The molecule has 1 aromatic heterocycles. The smallest absolute Gasteiger partial charge is 0.159 e. The van der Waals surface area contributed by atoms with Gasteiger partial charge in [0.1, 0.15) is 12.4 Å². The molecule has 1 atom stereocenters. The lowest BCUT2D eigenvalue weighted by Crippen LogP contribution is -2.36. The Hall–Kier alpha value is -1.79. The number of hydrogen-bond acceptors (Lipinski definition) is 3. The molecular weight excluding hydrogens is 264 g/mol. The van der Waals surface area contributed by atoms with E-state index in [0.29, 0.717) is 25.3 Å². The molecule has 0 amide bonds. The first kappa shape index (κ1) is 13.2. The zero-order chi connectivity index (χ0) is 13.9. The molecule has 2 heterocycles. The quantitative estimate of drug-likeness (QED) is 0.928. The Balaban J connectivity index is 1.50. The average molecular weight is 279 g/mol. The van der Waals surface area contributed by atoms with E-state index in [-0.39, 0.29) is 6.10 Å². The topological polar surface area (TPSA) is 39.1 Å². The largest absolute Gasteiger partial charge is 0.367 e. The second kappa shape index (κ2) is 5.68. The van der Waals surface area contributed by atoms with Gasteiger partial charge in [0.05, 0.1) is 12.6 Å². The summed E-state index contributed by atoms with van der Waals surface area (Å²) in [5.41, 5.74) is 0.711. The van der Waals surface area contributed by atoms with Crippen molar-refractivity contribution >= 4 is 0 Å². The summed E-state index contributed by atoms with van der Waals surface area (Å²) in [7, 11) is 0. The zero-order valence-corrected chi connectivity index (χ0v) is 10.9. The van der Waals surface area contributed by atoms with Gasteiger partial charge in [-0.05, 0) is 17.7 Å². The Morgan fingerprint density at radius 2 is 2.25 bits per heavy atom. The molecule has 2 aromatic rings. The summed E-state index contributed by atoms with van der Waals surface area (Å²) < 4.78 is 33.6. The predicted molar refractivity (Wildman–Crippen MR) is 68.9 cm³/mol. The van der Waals surface area contributed by atoms with Gasteiger partial charge in [-0.3, -0.25) is 0 Å². The van der Waals surface area contributed by atoms with E-state index in [4.69, 9.17) is 4.74 Å². The van der Waals surface area contributed by atoms with Crippen molar-refractivity contribution in [3.63, 3.8) is 0 Å². The maximum atomic E-state index is 13.1. The van der Waals surface area contributed by atoms with Crippen LogP contribution < -0.4 is 5.32 Å². The number of rotatable bonds is 4. The molecule has 0 fully saturated rings. The van der Waals surface area contributed by atoms with E-state index in [9.17, 15) is 8.78 Å². The number of imidazole rings is 1. The van der Waals surface area contributed by atoms with E-state index in [1.807, 2.05) is 6.20 Å². The minimum atomic E-state index is -0.822. The third-order valence-electron chi connectivity index (χ3n) is 3.34. The summed E-state index contributed by atoms with van der Waals surface area (Å²) in [6, 6.07) is 3.92. The summed E-state index contributed by atoms with van der Waals surface area (Å²) in [4.78, 5) is 4.18. The van der Waals surface area contributed by atoms with Gasteiger partial charge < -0.3 is 14.6 Å². The first-order valence-corrected chi connectivity index (χ1v) is 6.48. The molecule has 0 unspecified atom stereocenters. The summed E-state index contributed by atoms with van der Waals surface area (Å²) in [5.74, 6) is -0.708. The maximum Gasteiger partial charge on any atom is 0.159 e. The van der Waals surface area contributed by atoms with Gasteiger partial charge in [0.2, 0.25) is 0 Å². The van der Waals surface area contributed by atoms with Crippen molar-refractivity contribution in [2.45, 2.75) is 25.8 Å². The predicted octanol–water partition coefficient (Wildman–Crippen LogP) is 1.85. The minimum Gasteiger partial charge on any atom is -0.367 e. The number of nitrogens with one attached hydrogen (secondary N) is 1. The fraction of sp³-hybridized carbons (Fsp3) is 0.357. The highest BCUT2D eigenvalue weighted by atomic mass is 19.2. The van der Waals surface area contributed by atoms with E-state index in [0.717, 1.165) is 18.4 Å². The number of fused-ring (bicyclic) bond motifs is 1. The van der Waals surface area contributed by atoms with Crippen LogP contribution in [0.1, 0.15) is 11.4 Å². The van der Waals surface area contributed by atoms with Crippen LogP contribution >= 0.6 is 0 Å². The first-order chi connectivity index (χ1) is 9.72. The van der Waals surface area contributed by atoms with Crippen LogP contribution in [0.2, 0.25) is 0 Å². The van der Waals surface area contributed by atoms with Gasteiger partial charge in [0.25, 0.3) is 0 Å². The van der Waals surface area contributed by atoms with Crippen LogP contribution in [0.25, 0.3) is 0 Å². The standard InChI is InChI=1S/C14H15F2N3O/c15-12-2-1-10(5-13(12)16)6-17-7-11-8-19-4-3-18-14(19)9-20-11/h1-5,11,17H,6-9H2/t11-/m0/s1. The number of benzene rings is 1. The van der Waals surface area contributed by atoms with Crippen molar-refractivity contribution in [3.8, 4) is 0 Å².